The lowest BCUT2D eigenvalue weighted by Crippen LogP contribution is -2.57. The first-order valence-corrected chi connectivity index (χ1v) is 11.8. The van der Waals surface area contributed by atoms with Gasteiger partial charge in [0, 0.05) is 14.1 Å². The van der Waals surface area contributed by atoms with E-state index < -0.39 is 29.7 Å². The molecule has 0 radical (unpaired) electrons. The molecule has 0 aliphatic carbocycles. The molecule has 0 spiro atoms. The van der Waals surface area contributed by atoms with Gasteiger partial charge in [0.2, 0.25) is 5.91 Å². The molecule has 0 fully saturated rings. The van der Waals surface area contributed by atoms with Gasteiger partial charge >= 0.3 is 12.1 Å². The molecule has 7 nitrogen and oxygen atoms in total. The van der Waals surface area contributed by atoms with E-state index in [1.165, 1.54) is 9.80 Å². The van der Waals surface area contributed by atoms with Gasteiger partial charge in [-0.25, -0.2) is 9.59 Å². The second kappa shape index (κ2) is 12.6. The van der Waals surface area contributed by atoms with Gasteiger partial charge < -0.3 is 14.4 Å². The van der Waals surface area contributed by atoms with Gasteiger partial charge in [0.05, 0.1) is 0 Å². The number of amides is 2. The fourth-order valence-corrected chi connectivity index (χ4v) is 3.62. The number of hydrogen-bond acceptors (Lipinski definition) is 5. The van der Waals surface area contributed by atoms with E-state index in [0.29, 0.717) is 12.8 Å². The van der Waals surface area contributed by atoms with Crippen LogP contribution in [-0.2, 0) is 25.7 Å². The standard InChI is InChI=1S/C26H42N2O5/c1-10-18(3)21(28(9)25(31)33-26(5,6)7)23(29)27(8)22(19(4)11-2)24(30)32-17-20-15-13-12-14-16-20/h12-16,18-19,21-22H,10-11,17H2,1-9H3/t18?,19?,21-,22-/m0/s1. The molecule has 33 heavy (non-hydrogen) atoms. The van der Waals surface area contributed by atoms with Crippen molar-refractivity contribution in [1.29, 1.82) is 0 Å². The number of rotatable bonds is 10. The Morgan fingerprint density at radius 3 is 1.88 bits per heavy atom. The zero-order valence-electron chi connectivity index (χ0n) is 21.8. The highest BCUT2D eigenvalue weighted by Gasteiger charge is 2.40. The zero-order chi connectivity index (χ0) is 25.3. The Balaban J connectivity index is 3.13. The minimum absolute atomic E-state index is 0.119. The molecule has 2 unspecified atom stereocenters. The molecule has 0 saturated carbocycles. The smallest absolute Gasteiger partial charge is 0.410 e. The molecule has 0 N–H and O–H groups in total. The van der Waals surface area contributed by atoms with E-state index in [4.69, 9.17) is 9.47 Å². The number of likely N-dealkylation sites (N-methyl/N-ethyl adjacent to an activating group) is 2. The average molecular weight is 463 g/mol. The van der Waals surface area contributed by atoms with Crippen molar-refractivity contribution in [2.24, 2.45) is 11.8 Å². The molecular formula is C26H42N2O5. The third-order valence-corrected chi connectivity index (χ3v) is 5.95. The number of hydrogen-bond donors (Lipinski definition) is 0. The van der Waals surface area contributed by atoms with Gasteiger partial charge in [-0.15, -0.1) is 0 Å². The van der Waals surface area contributed by atoms with E-state index in [9.17, 15) is 14.4 Å². The van der Waals surface area contributed by atoms with E-state index in [1.54, 1.807) is 34.9 Å². The second-order valence-corrected chi connectivity index (χ2v) is 9.79. The van der Waals surface area contributed by atoms with Gasteiger partial charge in [-0.05, 0) is 38.2 Å². The Labute approximate surface area is 199 Å². The minimum atomic E-state index is -0.761. The largest absolute Gasteiger partial charge is 0.459 e. The predicted molar refractivity (Wildman–Crippen MR) is 129 cm³/mol. The molecule has 0 bridgehead atoms. The van der Waals surface area contributed by atoms with E-state index in [-0.39, 0.29) is 24.3 Å². The Kier molecular flexibility index (Phi) is 10.9. The Hall–Kier alpha value is -2.57. The van der Waals surface area contributed by atoms with Gasteiger partial charge in [-0.1, -0.05) is 70.9 Å². The molecule has 7 heteroatoms. The molecule has 1 aromatic carbocycles. The van der Waals surface area contributed by atoms with Crippen LogP contribution in [0.3, 0.4) is 0 Å². The molecule has 186 valence electrons. The monoisotopic (exact) mass is 462 g/mol. The van der Waals surface area contributed by atoms with Crippen LogP contribution in [0.4, 0.5) is 4.79 Å². The van der Waals surface area contributed by atoms with Crippen LogP contribution in [0.2, 0.25) is 0 Å². The normalized spacial score (nSPS) is 15.1. The predicted octanol–water partition coefficient (Wildman–Crippen LogP) is 4.88. The molecular weight excluding hydrogens is 420 g/mol. The van der Waals surface area contributed by atoms with Crippen LogP contribution in [0.1, 0.15) is 66.9 Å². The third kappa shape index (κ3) is 8.37. The lowest BCUT2D eigenvalue weighted by Gasteiger charge is -2.38. The fourth-order valence-electron chi connectivity index (χ4n) is 3.62. The summed E-state index contributed by atoms with van der Waals surface area (Å²) in [6.45, 7) is 13.3. The van der Waals surface area contributed by atoms with Gasteiger partial charge in [0.15, 0.2) is 0 Å². The molecule has 0 aromatic heterocycles. The molecule has 0 saturated heterocycles. The zero-order valence-corrected chi connectivity index (χ0v) is 21.8. The Bertz CT molecular complexity index is 775. The SMILES string of the molecule is CCC(C)[C@@H](C(=O)N(C)[C@H](C(=O)OCc1ccccc1)C(C)CC)N(C)C(=O)OC(C)(C)C. The number of benzene rings is 1. The molecule has 0 aliphatic rings. The fraction of sp³-hybridized carbons (Fsp3) is 0.654. The van der Waals surface area contributed by atoms with Crippen molar-refractivity contribution in [3.05, 3.63) is 35.9 Å². The summed E-state index contributed by atoms with van der Waals surface area (Å²) in [5.41, 5.74) is 0.200. The van der Waals surface area contributed by atoms with Crippen molar-refractivity contribution in [2.45, 2.75) is 85.6 Å². The number of esters is 1. The first kappa shape index (κ1) is 28.5. The van der Waals surface area contributed by atoms with Crippen molar-refractivity contribution in [3.63, 3.8) is 0 Å². The van der Waals surface area contributed by atoms with E-state index in [1.807, 2.05) is 58.0 Å². The maximum absolute atomic E-state index is 13.7. The Morgan fingerprint density at radius 2 is 1.39 bits per heavy atom. The molecule has 1 rings (SSSR count). The molecule has 0 aliphatic heterocycles. The number of ether oxygens (including phenoxy) is 2. The van der Waals surface area contributed by atoms with Crippen LogP contribution >= 0.6 is 0 Å². The van der Waals surface area contributed by atoms with Gasteiger partial charge in [-0.3, -0.25) is 9.69 Å². The van der Waals surface area contributed by atoms with Crippen LogP contribution in [-0.4, -0.2) is 59.5 Å². The average Bonchev–Trinajstić information content (AvgIpc) is 2.76. The first-order chi connectivity index (χ1) is 15.3. The van der Waals surface area contributed by atoms with Gasteiger partial charge in [0.1, 0.15) is 24.3 Å². The van der Waals surface area contributed by atoms with Crippen molar-refractivity contribution in [3.8, 4) is 0 Å². The lowest BCUT2D eigenvalue weighted by atomic mass is 9.93. The third-order valence-electron chi connectivity index (χ3n) is 5.95. The van der Waals surface area contributed by atoms with Crippen molar-refractivity contribution in [2.75, 3.05) is 14.1 Å². The molecule has 1 aromatic rings. The Morgan fingerprint density at radius 1 is 0.879 bits per heavy atom. The van der Waals surface area contributed by atoms with Crippen LogP contribution in [0.5, 0.6) is 0 Å². The number of nitrogens with zero attached hydrogens (tertiary/aromatic N) is 2. The number of carbonyl (C=O) groups is 3. The van der Waals surface area contributed by atoms with Crippen molar-refractivity contribution >= 4 is 18.0 Å². The summed E-state index contributed by atoms with van der Waals surface area (Å²) in [6, 6.07) is 7.91. The molecule has 4 atom stereocenters. The molecule has 2 amide bonds. The number of carbonyl (C=O) groups excluding carboxylic acids is 3. The van der Waals surface area contributed by atoms with Crippen LogP contribution in [0.25, 0.3) is 0 Å². The quantitative estimate of drug-likeness (QED) is 0.463. The second-order valence-electron chi connectivity index (χ2n) is 9.79. The summed E-state index contributed by atoms with van der Waals surface area (Å²) in [5, 5.41) is 0. The summed E-state index contributed by atoms with van der Waals surface area (Å²) in [5.74, 6) is -1.01. The van der Waals surface area contributed by atoms with E-state index >= 15 is 0 Å². The highest BCUT2D eigenvalue weighted by Crippen LogP contribution is 2.23. The molecule has 0 heterocycles. The summed E-state index contributed by atoms with van der Waals surface area (Å²) >= 11 is 0. The van der Waals surface area contributed by atoms with Crippen molar-refractivity contribution in [1.82, 2.24) is 9.80 Å². The van der Waals surface area contributed by atoms with E-state index in [2.05, 4.69) is 0 Å². The summed E-state index contributed by atoms with van der Waals surface area (Å²) < 4.78 is 11.1. The summed E-state index contributed by atoms with van der Waals surface area (Å²) in [6.07, 6.45) is 0.809. The summed E-state index contributed by atoms with van der Waals surface area (Å²) in [7, 11) is 3.18. The lowest BCUT2D eigenvalue weighted by molar-refractivity contribution is -0.159. The van der Waals surface area contributed by atoms with E-state index in [0.717, 1.165) is 5.56 Å². The minimum Gasteiger partial charge on any atom is -0.459 e. The maximum Gasteiger partial charge on any atom is 0.410 e. The van der Waals surface area contributed by atoms with Crippen LogP contribution in [0.15, 0.2) is 30.3 Å². The summed E-state index contributed by atoms with van der Waals surface area (Å²) in [4.78, 5) is 42.3. The highest BCUT2D eigenvalue weighted by atomic mass is 16.6. The van der Waals surface area contributed by atoms with Crippen LogP contribution in [0, 0.1) is 11.8 Å². The maximum atomic E-state index is 13.7. The topological polar surface area (TPSA) is 76.2 Å². The van der Waals surface area contributed by atoms with Crippen molar-refractivity contribution < 1.29 is 23.9 Å². The van der Waals surface area contributed by atoms with Gasteiger partial charge in [0.25, 0.3) is 0 Å². The highest BCUT2D eigenvalue weighted by molar-refractivity contribution is 5.90. The van der Waals surface area contributed by atoms with Gasteiger partial charge in [-0.2, -0.15) is 0 Å². The first-order valence-electron chi connectivity index (χ1n) is 11.8. The van der Waals surface area contributed by atoms with Crippen LogP contribution < -0.4 is 0 Å².